The molecular formula is C91H64N2. The highest BCUT2D eigenvalue weighted by Crippen LogP contribution is 2.51. The summed E-state index contributed by atoms with van der Waals surface area (Å²) in [5, 5.41) is 5.02. The number of hydrogen-bond donors (Lipinski definition) is 0. The minimum absolute atomic E-state index is 0.187. The zero-order valence-corrected chi connectivity index (χ0v) is 51.9. The van der Waals surface area contributed by atoms with Gasteiger partial charge in [0.2, 0.25) is 0 Å². The summed E-state index contributed by atoms with van der Waals surface area (Å²) in [7, 11) is 0. The molecule has 0 spiro atoms. The van der Waals surface area contributed by atoms with Gasteiger partial charge in [0.1, 0.15) is 0 Å². The summed E-state index contributed by atoms with van der Waals surface area (Å²) in [5.41, 5.74) is 31.4. The predicted octanol–water partition coefficient (Wildman–Crippen LogP) is 24.0. The van der Waals surface area contributed by atoms with E-state index in [0.717, 1.165) is 11.1 Å². The second-order valence-electron chi connectivity index (χ2n) is 25.2. The fourth-order valence-electron chi connectivity index (χ4n) is 14.6. The average Bonchev–Trinajstić information content (AvgIpc) is 1.63. The van der Waals surface area contributed by atoms with Crippen molar-refractivity contribution in [1.82, 2.24) is 9.13 Å². The highest BCUT2D eigenvalue weighted by Gasteiger charge is 2.36. The number of benzene rings is 14. The van der Waals surface area contributed by atoms with Crippen molar-refractivity contribution in [1.29, 1.82) is 0 Å². The first kappa shape index (κ1) is 55.2. The Labute approximate surface area is 543 Å². The lowest BCUT2D eigenvalue weighted by atomic mass is 9.81. The van der Waals surface area contributed by atoms with Crippen LogP contribution in [0.1, 0.15) is 58.4 Å². The van der Waals surface area contributed by atoms with E-state index in [1.165, 1.54) is 155 Å². The van der Waals surface area contributed by atoms with E-state index in [4.69, 9.17) is 0 Å². The van der Waals surface area contributed by atoms with Crippen LogP contribution < -0.4 is 0 Å². The summed E-state index contributed by atoms with van der Waals surface area (Å²) >= 11 is 0. The Balaban J connectivity index is 0.614. The van der Waals surface area contributed by atoms with Gasteiger partial charge in [-0.25, -0.2) is 0 Å². The van der Waals surface area contributed by atoms with E-state index in [9.17, 15) is 0 Å². The lowest BCUT2D eigenvalue weighted by molar-refractivity contribution is 0.661. The summed E-state index contributed by atoms with van der Waals surface area (Å²) < 4.78 is 4.75. The van der Waals surface area contributed by atoms with Crippen LogP contribution in [-0.2, 0) is 5.41 Å². The summed E-state index contributed by atoms with van der Waals surface area (Å²) in [4.78, 5) is 0. The van der Waals surface area contributed by atoms with Crippen molar-refractivity contribution in [2.45, 2.75) is 19.3 Å². The monoisotopic (exact) mass is 1180 g/mol. The van der Waals surface area contributed by atoms with Crippen molar-refractivity contribution in [2.75, 3.05) is 0 Å². The van der Waals surface area contributed by atoms with E-state index < -0.39 is 0 Å². The Bertz CT molecular complexity index is 5200. The first-order valence-corrected chi connectivity index (χ1v) is 32.3. The topological polar surface area (TPSA) is 9.86 Å². The van der Waals surface area contributed by atoms with Gasteiger partial charge in [0.05, 0.1) is 22.1 Å². The van der Waals surface area contributed by atoms with Crippen molar-refractivity contribution in [3.8, 4) is 67.0 Å². The van der Waals surface area contributed by atoms with E-state index in [1.54, 1.807) is 0 Å². The Kier molecular flexibility index (Phi) is 13.6. The molecule has 93 heavy (non-hydrogen) atoms. The molecule has 1 aliphatic rings. The van der Waals surface area contributed by atoms with Gasteiger partial charge in [0.25, 0.3) is 0 Å². The molecule has 2 aromatic heterocycles. The predicted molar refractivity (Wildman–Crippen MR) is 394 cm³/mol. The smallest absolute Gasteiger partial charge is 0.0541 e. The molecule has 438 valence electrons. The van der Waals surface area contributed by atoms with Gasteiger partial charge in [-0.3, -0.25) is 0 Å². The lowest BCUT2D eigenvalue weighted by Crippen LogP contribution is -2.15. The molecule has 0 amide bonds. The SMILES string of the molecule is CC1(C)c2cc(-c3ccc(/C=C(\c4ccccc4)c4ccc(-c5ccc6c(c5)c5ccccc5n6-c5ccccc5)cc4)cc3)ccc2-c2ccc(-c3ccc(/C=C(\c4ccccc4)c4ccc(-c5ccc6c(c5)c5ccccc5n6-c5ccccc5)cc4)cc3)cc21. The minimum Gasteiger partial charge on any atom is -0.309 e. The number of rotatable bonds is 12. The molecule has 2 heteroatoms. The van der Waals surface area contributed by atoms with Crippen LogP contribution in [0.4, 0.5) is 0 Å². The van der Waals surface area contributed by atoms with E-state index in [2.05, 4.69) is 375 Å². The summed E-state index contributed by atoms with van der Waals surface area (Å²) in [5.74, 6) is 0. The van der Waals surface area contributed by atoms with Gasteiger partial charge in [-0.2, -0.15) is 0 Å². The van der Waals surface area contributed by atoms with Crippen LogP contribution in [0.25, 0.3) is 134 Å². The molecule has 0 fully saturated rings. The summed E-state index contributed by atoms with van der Waals surface area (Å²) in [6.45, 7) is 4.77. The molecule has 0 saturated carbocycles. The molecule has 0 saturated heterocycles. The number of fused-ring (bicyclic) bond motifs is 9. The molecule has 1 aliphatic carbocycles. The van der Waals surface area contributed by atoms with Crippen molar-refractivity contribution in [3.05, 3.63) is 384 Å². The summed E-state index contributed by atoms with van der Waals surface area (Å²) in [6, 6.07) is 125. The van der Waals surface area contributed by atoms with Gasteiger partial charge in [-0.05, 0) is 196 Å². The van der Waals surface area contributed by atoms with Gasteiger partial charge in [0, 0.05) is 38.3 Å². The molecule has 0 N–H and O–H groups in total. The maximum Gasteiger partial charge on any atom is 0.0541 e. The van der Waals surface area contributed by atoms with Gasteiger partial charge in [-0.15, -0.1) is 0 Å². The van der Waals surface area contributed by atoms with Gasteiger partial charge in [0.15, 0.2) is 0 Å². The first-order valence-electron chi connectivity index (χ1n) is 32.3. The Hall–Kier alpha value is -11.8. The van der Waals surface area contributed by atoms with Crippen LogP contribution in [0.3, 0.4) is 0 Å². The van der Waals surface area contributed by atoms with Crippen LogP contribution in [-0.4, -0.2) is 9.13 Å². The lowest BCUT2D eigenvalue weighted by Gasteiger charge is -2.22. The van der Waals surface area contributed by atoms with Gasteiger partial charge < -0.3 is 9.13 Å². The van der Waals surface area contributed by atoms with E-state index in [-0.39, 0.29) is 5.41 Å². The number of hydrogen-bond acceptors (Lipinski definition) is 0. The van der Waals surface area contributed by atoms with Crippen molar-refractivity contribution in [2.24, 2.45) is 0 Å². The molecule has 2 heterocycles. The number of aromatic nitrogens is 2. The molecule has 0 bridgehead atoms. The van der Waals surface area contributed by atoms with E-state index in [1.807, 2.05) is 0 Å². The average molecular weight is 1190 g/mol. The molecule has 0 radical (unpaired) electrons. The first-order chi connectivity index (χ1) is 45.8. The van der Waals surface area contributed by atoms with Crippen LogP contribution in [0.5, 0.6) is 0 Å². The maximum absolute atomic E-state index is 2.43. The standard InChI is InChI=1S/C91H64N2/c1-91(2)85-59-73(63-35-31-61(32-36-63)55-81(67-19-7-3-8-20-67)69-43-39-65(40-44-69)71-49-53-89-83(57-71)79-27-15-17-29-87(79)92(89)75-23-11-5-12-24-75)47-51-77(85)78-52-48-74(60-86(78)91)64-37-33-62(34-38-64)56-82(68-21-9-4-10-22-68)70-45-41-66(42-46-70)72-50-54-90-84(58-72)80-28-16-18-30-88(80)93(90)76-25-13-6-14-26-76/h3-60H,1-2H3/b81-55+,82-56+. The Morgan fingerprint density at radius 3 is 0.925 bits per heavy atom. The van der Waals surface area contributed by atoms with Crippen LogP contribution in [0.2, 0.25) is 0 Å². The molecule has 0 aliphatic heterocycles. The second kappa shape index (κ2) is 22.9. The van der Waals surface area contributed by atoms with Gasteiger partial charge >= 0.3 is 0 Å². The number of nitrogens with zero attached hydrogens (tertiary/aromatic N) is 2. The van der Waals surface area contributed by atoms with Crippen LogP contribution in [0.15, 0.2) is 340 Å². The van der Waals surface area contributed by atoms with Crippen LogP contribution >= 0.6 is 0 Å². The molecule has 17 rings (SSSR count). The molecule has 0 unspecified atom stereocenters. The van der Waals surface area contributed by atoms with E-state index in [0.29, 0.717) is 0 Å². The van der Waals surface area contributed by atoms with Crippen molar-refractivity contribution < 1.29 is 0 Å². The van der Waals surface area contributed by atoms with E-state index >= 15 is 0 Å². The molecule has 14 aromatic carbocycles. The summed E-state index contributed by atoms with van der Waals surface area (Å²) in [6.07, 6.45) is 4.67. The third-order valence-corrected chi connectivity index (χ3v) is 19.4. The molecule has 0 atom stereocenters. The highest BCUT2D eigenvalue weighted by molar-refractivity contribution is 6.12. The Morgan fingerprint density at radius 2 is 0.538 bits per heavy atom. The Morgan fingerprint density at radius 1 is 0.247 bits per heavy atom. The van der Waals surface area contributed by atoms with Crippen molar-refractivity contribution >= 4 is 66.9 Å². The molecular weight excluding hydrogens is 1120 g/mol. The highest BCUT2D eigenvalue weighted by atomic mass is 15.0. The van der Waals surface area contributed by atoms with Crippen LogP contribution in [0, 0.1) is 0 Å². The third kappa shape index (κ3) is 9.92. The van der Waals surface area contributed by atoms with Gasteiger partial charge in [-0.1, -0.05) is 281 Å². The molecule has 16 aromatic rings. The number of para-hydroxylation sites is 4. The fraction of sp³-hybridized carbons (Fsp3) is 0.0330. The molecule has 2 nitrogen and oxygen atoms in total. The second-order valence-corrected chi connectivity index (χ2v) is 25.2. The maximum atomic E-state index is 2.43. The normalized spacial score (nSPS) is 12.8. The fourth-order valence-corrected chi connectivity index (χ4v) is 14.6. The zero-order valence-electron chi connectivity index (χ0n) is 51.9. The largest absolute Gasteiger partial charge is 0.309 e. The third-order valence-electron chi connectivity index (χ3n) is 19.4. The minimum atomic E-state index is -0.187. The van der Waals surface area contributed by atoms with Crippen molar-refractivity contribution in [3.63, 3.8) is 0 Å². The zero-order chi connectivity index (χ0) is 62.0. The quantitative estimate of drug-likeness (QED) is 0.108.